The maximum atomic E-state index is 9.62. The quantitative estimate of drug-likeness (QED) is 0.625. The molecule has 1 fully saturated rings. The zero-order valence-electron chi connectivity index (χ0n) is 7.83. The van der Waals surface area contributed by atoms with Gasteiger partial charge in [-0.15, -0.1) is 6.58 Å². The Hall–Kier alpha value is -0.340. The number of aliphatic hydroxyl groups excluding tert-OH is 1. The van der Waals surface area contributed by atoms with Crippen LogP contribution in [0, 0.1) is 11.8 Å². The second-order valence-electron chi connectivity index (χ2n) is 4.38. The number of hydrogen-bond donors (Lipinski definition) is 2. The lowest BCUT2D eigenvalue weighted by molar-refractivity contribution is 0.00976. The molecular weight excluding hydrogens is 152 g/mol. The van der Waals surface area contributed by atoms with Crippen molar-refractivity contribution in [3.8, 4) is 0 Å². The van der Waals surface area contributed by atoms with E-state index in [-0.39, 0.29) is 6.10 Å². The van der Waals surface area contributed by atoms with E-state index in [1.165, 1.54) is 0 Å². The average molecular weight is 170 g/mol. The minimum Gasteiger partial charge on any atom is -0.393 e. The smallest absolute Gasteiger partial charge is 0.0616 e. The van der Waals surface area contributed by atoms with Crippen LogP contribution >= 0.6 is 0 Å². The third-order valence-electron chi connectivity index (χ3n) is 2.40. The van der Waals surface area contributed by atoms with Crippen LogP contribution in [0.4, 0.5) is 0 Å². The van der Waals surface area contributed by atoms with Gasteiger partial charge in [-0.1, -0.05) is 6.08 Å². The van der Waals surface area contributed by atoms with Crippen molar-refractivity contribution in [2.75, 3.05) is 0 Å². The van der Waals surface area contributed by atoms with E-state index in [4.69, 9.17) is 0 Å². The Bertz CT molecular complexity index is 169. The number of hydrogen-bond acceptors (Lipinski definition) is 2. The highest BCUT2D eigenvalue weighted by atomic mass is 16.3. The maximum Gasteiger partial charge on any atom is 0.0616 e. The summed E-state index contributed by atoms with van der Waals surface area (Å²) in [7, 11) is 0. The predicted molar refractivity (Wildman–Crippen MR) is 48.7 cm³/mol. The summed E-state index contributed by atoms with van der Waals surface area (Å²) in [6.45, 7) is 7.13. The van der Waals surface area contributed by atoms with Crippen molar-refractivity contribution in [2.45, 2.75) is 38.4 Å². The summed E-state index contributed by atoms with van der Waals surface area (Å²) >= 11 is 0. The molecule has 0 bridgehead atoms. The molecule has 1 rings (SSSR count). The van der Waals surface area contributed by atoms with Crippen LogP contribution in [-0.4, -0.2) is 21.9 Å². The molecule has 0 aromatic heterocycles. The minimum atomic E-state index is -0.756. The number of rotatable bonds is 4. The Morgan fingerprint density at radius 1 is 1.67 bits per heavy atom. The first kappa shape index (κ1) is 9.75. The molecule has 2 N–H and O–H groups in total. The van der Waals surface area contributed by atoms with Gasteiger partial charge in [-0.25, -0.2) is 0 Å². The van der Waals surface area contributed by atoms with E-state index in [2.05, 4.69) is 6.58 Å². The van der Waals surface area contributed by atoms with Gasteiger partial charge in [0.25, 0.3) is 0 Å². The summed E-state index contributed by atoms with van der Waals surface area (Å²) in [5, 5.41) is 19.1. The van der Waals surface area contributed by atoms with Crippen LogP contribution < -0.4 is 0 Å². The second-order valence-corrected chi connectivity index (χ2v) is 4.38. The van der Waals surface area contributed by atoms with Crippen molar-refractivity contribution in [2.24, 2.45) is 11.8 Å². The molecule has 12 heavy (non-hydrogen) atoms. The molecule has 1 aliphatic carbocycles. The van der Waals surface area contributed by atoms with Gasteiger partial charge in [-0.3, -0.25) is 0 Å². The normalized spacial score (nSPS) is 31.3. The topological polar surface area (TPSA) is 40.5 Å². The standard InChI is InChI=1S/C10H18O2/c1-4-7-5-8(7)9(11)6-10(2,3)12/h4,7-9,11-12H,1,5-6H2,2-3H3/t7-,8-,9+/m1/s1. The molecule has 0 unspecified atom stereocenters. The molecule has 2 nitrogen and oxygen atoms in total. The van der Waals surface area contributed by atoms with Gasteiger partial charge in [0.05, 0.1) is 11.7 Å². The largest absolute Gasteiger partial charge is 0.393 e. The summed E-state index contributed by atoms with van der Waals surface area (Å²) in [5.41, 5.74) is -0.756. The molecule has 0 heterocycles. The molecule has 0 aromatic rings. The molecule has 1 aliphatic rings. The second kappa shape index (κ2) is 3.19. The molecule has 70 valence electrons. The van der Waals surface area contributed by atoms with Gasteiger partial charge in [0.15, 0.2) is 0 Å². The molecule has 0 aliphatic heterocycles. The van der Waals surface area contributed by atoms with Crippen LogP contribution in [-0.2, 0) is 0 Å². The van der Waals surface area contributed by atoms with Crippen LogP contribution in [0.5, 0.6) is 0 Å². The Balaban J connectivity index is 2.31. The van der Waals surface area contributed by atoms with E-state index >= 15 is 0 Å². The molecule has 1 saturated carbocycles. The fraction of sp³-hybridized carbons (Fsp3) is 0.800. The minimum absolute atomic E-state index is 0.342. The fourth-order valence-electron chi connectivity index (χ4n) is 1.61. The van der Waals surface area contributed by atoms with E-state index in [9.17, 15) is 10.2 Å². The van der Waals surface area contributed by atoms with Crippen LogP contribution in [0.15, 0.2) is 12.7 Å². The van der Waals surface area contributed by atoms with Crippen LogP contribution in [0.3, 0.4) is 0 Å². The lowest BCUT2D eigenvalue weighted by atomic mass is 9.97. The highest BCUT2D eigenvalue weighted by Crippen LogP contribution is 2.43. The van der Waals surface area contributed by atoms with Gasteiger partial charge in [-0.2, -0.15) is 0 Å². The fourth-order valence-corrected chi connectivity index (χ4v) is 1.61. The SMILES string of the molecule is C=C[C@@H]1C[C@H]1[C@@H](O)CC(C)(C)O. The first-order valence-corrected chi connectivity index (χ1v) is 4.47. The van der Waals surface area contributed by atoms with Crippen LogP contribution in [0.1, 0.15) is 26.7 Å². The molecule has 0 aromatic carbocycles. The van der Waals surface area contributed by atoms with Crippen LogP contribution in [0.2, 0.25) is 0 Å². The van der Waals surface area contributed by atoms with Gasteiger partial charge in [0.1, 0.15) is 0 Å². The molecule has 0 saturated heterocycles. The van der Waals surface area contributed by atoms with E-state index in [1.54, 1.807) is 13.8 Å². The maximum absolute atomic E-state index is 9.62. The Morgan fingerprint density at radius 3 is 2.58 bits per heavy atom. The zero-order chi connectivity index (χ0) is 9.35. The summed E-state index contributed by atoms with van der Waals surface area (Å²) in [6.07, 6.45) is 3.01. The summed E-state index contributed by atoms with van der Waals surface area (Å²) in [4.78, 5) is 0. The predicted octanol–water partition coefficient (Wildman–Crippen LogP) is 1.33. The molecule has 2 heteroatoms. The monoisotopic (exact) mass is 170 g/mol. The van der Waals surface area contributed by atoms with Crippen molar-refractivity contribution in [3.05, 3.63) is 12.7 Å². The van der Waals surface area contributed by atoms with Gasteiger partial charge in [0.2, 0.25) is 0 Å². The van der Waals surface area contributed by atoms with Gasteiger partial charge >= 0.3 is 0 Å². The average Bonchev–Trinajstić information content (AvgIpc) is 2.60. The first-order valence-electron chi connectivity index (χ1n) is 4.47. The molecule has 0 spiro atoms. The van der Waals surface area contributed by atoms with E-state index < -0.39 is 5.60 Å². The van der Waals surface area contributed by atoms with Crippen molar-refractivity contribution in [1.29, 1.82) is 0 Å². The van der Waals surface area contributed by atoms with Crippen molar-refractivity contribution >= 4 is 0 Å². The van der Waals surface area contributed by atoms with E-state index in [1.807, 2.05) is 6.08 Å². The van der Waals surface area contributed by atoms with E-state index in [0.717, 1.165) is 6.42 Å². The van der Waals surface area contributed by atoms with Crippen molar-refractivity contribution in [1.82, 2.24) is 0 Å². The Morgan fingerprint density at radius 2 is 2.25 bits per heavy atom. The molecular formula is C10H18O2. The third-order valence-corrected chi connectivity index (χ3v) is 2.40. The number of allylic oxidation sites excluding steroid dienone is 1. The number of aliphatic hydroxyl groups is 2. The molecule has 3 atom stereocenters. The summed E-state index contributed by atoms with van der Waals surface area (Å²) in [5.74, 6) is 0.816. The van der Waals surface area contributed by atoms with E-state index in [0.29, 0.717) is 18.3 Å². The third kappa shape index (κ3) is 2.61. The zero-order valence-corrected chi connectivity index (χ0v) is 7.83. The van der Waals surface area contributed by atoms with Gasteiger partial charge in [0, 0.05) is 6.42 Å². The Labute approximate surface area is 73.9 Å². The highest BCUT2D eigenvalue weighted by molar-refractivity contribution is 5.01. The summed E-state index contributed by atoms with van der Waals surface area (Å²) < 4.78 is 0. The highest BCUT2D eigenvalue weighted by Gasteiger charge is 2.41. The molecule has 0 amide bonds. The summed E-state index contributed by atoms with van der Waals surface area (Å²) in [6, 6.07) is 0. The van der Waals surface area contributed by atoms with Gasteiger partial charge in [-0.05, 0) is 32.1 Å². The lowest BCUT2D eigenvalue weighted by Gasteiger charge is -2.21. The van der Waals surface area contributed by atoms with Crippen molar-refractivity contribution in [3.63, 3.8) is 0 Å². The Kier molecular flexibility index (Phi) is 2.59. The van der Waals surface area contributed by atoms with Crippen LogP contribution in [0.25, 0.3) is 0 Å². The molecule has 0 radical (unpaired) electrons. The lowest BCUT2D eigenvalue weighted by Crippen LogP contribution is -2.27. The van der Waals surface area contributed by atoms with Gasteiger partial charge < -0.3 is 10.2 Å². The van der Waals surface area contributed by atoms with Crippen molar-refractivity contribution < 1.29 is 10.2 Å². The first-order chi connectivity index (χ1) is 5.44.